The number of nitrogens with one attached hydrogen (secondary N) is 2. The lowest BCUT2D eigenvalue weighted by molar-refractivity contribution is 0.0948. The molecule has 4 N–H and O–H groups in total. The first-order chi connectivity index (χ1) is 8.97. The fourth-order valence-corrected chi connectivity index (χ4v) is 1.56. The van der Waals surface area contributed by atoms with Gasteiger partial charge in [0, 0.05) is 19.1 Å². The van der Waals surface area contributed by atoms with Crippen LogP contribution in [0.3, 0.4) is 0 Å². The zero-order valence-electron chi connectivity index (χ0n) is 11.5. The van der Waals surface area contributed by atoms with Crippen molar-refractivity contribution < 1.29 is 9.18 Å². The summed E-state index contributed by atoms with van der Waals surface area (Å²) in [7, 11) is 1.98. The molecular weight excluding hydrogens is 247 g/mol. The van der Waals surface area contributed by atoms with Crippen molar-refractivity contribution in [2.24, 2.45) is 5.84 Å². The Hall–Kier alpha value is -1.66. The number of para-hydroxylation sites is 1. The standard InChI is InChI=1S/C13H21FN4O/c1-9(2)18(3)8-7-16-13(19)10-5-4-6-11(14)12(10)17-15/h4-6,9,17H,7-8,15H2,1-3H3,(H,16,19). The molecule has 0 spiro atoms. The van der Waals surface area contributed by atoms with Gasteiger partial charge in [0.2, 0.25) is 0 Å². The van der Waals surface area contributed by atoms with Gasteiger partial charge in [-0.25, -0.2) is 4.39 Å². The van der Waals surface area contributed by atoms with E-state index < -0.39 is 5.82 Å². The highest BCUT2D eigenvalue weighted by Gasteiger charge is 2.14. The molecule has 0 heterocycles. The van der Waals surface area contributed by atoms with Crippen molar-refractivity contribution in [2.45, 2.75) is 19.9 Å². The predicted octanol–water partition coefficient (Wildman–Crippen LogP) is 1.18. The van der Waals surface area contributed by atoms with Crippen LogP contribution in [-0.2, 0) is 0 Å². The minimum Gasteiger partial charge on any atom is -0.351 e. The van der Waals surface area contributed by atoms with E-state index in [9.17, 15) is 9.18 Å². The normalized spacial score (nSPS) is 10.9. The largest absolute Gasteiger partial charge is 0.351 e. The summed E-state index contributed by atoms with van der Waals surface area (Å²) in [6, 6.07) is 4.66. The molecule has 1 aromatic rings. The minimum absolute atomic E-state index is 0.0113. The SMILES string of the molecule is CC(C)N(C)CCNC(=O)c1cccc(F)c1NN. The molecule has 106 valence electrons. The molecule has 0 aromatic heterocycles. The van der Waals surface area contributed by atoms with Gasteiger partial charge in [-0.15, -0.1) is 0 Å². The Kier molecular flexibility index (Phi) is 5.72. The van der Waals surface area contributed by atoms with Crippen LogP contribution in [0, 0.1) is 5.82 Å². The number of hydrogen-bond donors (Lipinski definition) is 3. The molecule has 6 heteroatoms. The second-order valence-corrected chi connectivity index (χ2v) is 4.64. The van der Waals surface area contributed by atoms with Crippen molar-refractivity contribution in [1.82, 2.24) is 10.2 Å². The number of nitrogens with two attached hydrogens (primary N) is 1. The summed E-state index contributed by atoms with van der Waals surface area (Å²) < 4.78 is 13.4. The van der Waals surface area contributed by atoms with Gasteiger partial charge in [0.05, 0.1) is 11.3 Å². The number of halogens is 1. The molecule has 0 unspecified atom stereocenters. The Bertz CT molecular complexity index is 437. The van der Waals surface area contributed by atoms with E-state index in [1.807, 2.05) is 7.05 Å². The van der Waals surface area contributed by atoms with Crippen molar-refractivity contribution in [1.29, 1.82) is 0 Å². The van der Waals surface area contributed by atoms with Crippen LogP contribution in [0.2, 0.25) is 0 Å². The van der Waals surface area contributed by atoms with E-state index in [0.29, 0.717) is 12.6 Å². The van der Waals surface area contributed by atoms with E-state index in [2.05, 4.69) is 29.5 Å². The average Bonchev–Trinajstić information content (AvgIpc) is 2.37. The topological polar surface area (TPSA) is 70.4 Å². The summed E-state index contributed by atoms with van der Waals surface area (Å²) in [5, 5.41) is 2.74. The fourth-order valence-electron chi connectivity index (χ4n) is 1.56. The van der Waals surface area contributed by atoms with Crippen LogP contribution in [0.4, 0.5) is 10.1 Å². The molecule has 1 aromatic carbocycles. The number of carbonyl (C=O) groups excluding carboxylic acids is 1. The molecule has 0 aliphatic rings. The number of rotatable bonds is 6. The van der Waals surface area contributed by atoms with E-state index >= 15 is 0 Å². The van der Waals surface area contributed by atoms with Gasteiger partial charge in [0.25, 0.3) is 5.91 Å². The van der Waals surface area contributed by atoms with Gasteiger partial charge in [0.15, 0.2) is 0 Å². The summed E-state index contributed by atoms with van der Waals surface area (Å²) in [6.07, 6.45) is 0. The molecule has 0 bridgehead atoms. The van der Waals surface area contributed by atoms with Gasteiger partial charge < -0.3 is 15.6 Å². The highest BCUT2D eigenvalue weighted by atomic mass is 19.1. The predicted molar refractivity (Wildman–Crippen MR) is 74.3 cm³/mol. The zero-order chi connectivity index (χ0) is 14.4. The Labute approximate surface area is 112 Å². The number of nitrogens with zero attached hydrogens (tertiary/aromatic N) is 1. The Balaban J connectivity index is 2.62. The highest BCUT2D eigenvalue weighted by Crippen LogP contribution is 2.18. The molecule has 0 aliphatic carbocycles. The van der Waals surface area contributed by atoms with E-state index in [0.717, 1.165) is 6.54 Å². The van der Waals surface area contributed by atoms with Crippen LogP contribution in [0.15, 0.2) is 18.2 Å². The molecule has 1 rings (SSSR count). The molecule has 0 atom stereocenters. The number of benzene rings is 1. The van der Waals surface area contributed by atoms with Gasteiger partial charge in [-0.05, 0) is 33.0 Å². The first kappa shape index (κ1) is 15.4. The lowest BCUT2D eigenvalue weighted by atomic mass is 10.1. The first-order valence-electron chi connectivity index (χ1n) is 6.21. The third-order valence-corrected chi connectivity index (χ3v) is 3.03. The Morgan fingerprint density at radius 1 is 1.47 bits per heavy atom. The van der Waals surface area contributed by atoms with Crippen LogP contribution in [0.5, 0.6) is 0 Å². The number of nitrogen functional groups attached to an aromatic ring is 1. The lowest BCUT2D eigenvalue weighted by Crippen LogP contribution is -2.36. The van der Waals surface area contributed by atoms with E-state index in [1.54, 1.807) is 0 Å². The van der Waals surface area contributed by atoms with Gasteiger partial charge in [0.1, 0.15) is 5.82 Å². The number of carbonyl (C=O) groups is 1. The van der Waals surface area contributed by atoms with Crippen molar-refractivity contribution >= 4 is 11.6 Å². The fraction of sp³-hybridized carbons (Fsp3) is 0.462. The van der Waals surface area contributed by atoms with Crippen LogP contribution < -0.4 is 16.6 Å². The molecule has 0 aliphatic heterocycles. The number of amides is 1. The van der Waals surface area contributed by atoms with Crippen LogP contribution in [-0.4, -0.2) is 37.0 Å². The summed E-state index contributed by atoms with van der Waals surface area (Å²) >= 11 is 0. The Morgan fingerprint density at radius 2 is 2.16 bits per heavy atom. The van der Waals surface area contributed by atoms with Crippen molar-refractivity contribution in [2.75, 3.05) is 25.6 Å². The molecular formula is C13H21FN4O. The zero-order valence-corrected chi connectivity index (χ0v) is 11.5. The molecule has 0 radical (unpaired) electrons. The molecule has 19 heavy (non-hydrogen) atoms. The number of anilines is 1. The minimum atomic E-state index is -0.547. The summed E-state index contributed by atoms with van der Waals surface area (Å²) in [5.74, 6) is 4.34. The van der Waals surface area contributed by atoms with Crippen LogP contribution in [0.1, 0.15) is 24.2 Å². The first-order valence-corrected chi connectivity index (χ1v) is 6.21. The molecule has 1 amide bonds. The van der Waals surface area contributed by atoms with E-state index in [-0.39, 0.29) is 17.2 Å². The van der Waals surface area contributed by atoms with Gasteiger partial charge in [-0.2, -0.15) is 0 Å². The molecule has 0 fully saturated rings. The quantitative estimate of drug-likeness (QED) is 0.535. The number of hydrazine groups is 1. The van der Waals surface area contributed by atoms with E-state index in [4.69, 9.17) is 5.84 Å². The monoisotopic (exact) mass is 268 g/mol. The maximum Gasteiger partial charge on any atom is 0.253 e. The summed E-state index contributed by atoms with van der Waals surface area (Å²) in [4.78, 5) is 14.0. The number of hydrogen-bond acceptors (Lipinski definition) is 4. The van der Waals surface area contributed by atoms with Crippen molar-refractivity contribution in [3.05, 3.63) is 29.6 Å². The smallest absolute Gasteiger partial charge is 0.253 e. The molecule has 0 saturated heterocycles. The van der Waals surface area contributed by atoms with Crippen LogP contribution >= 0.6 is 0 Å². The maximum atomic E-state index is 13.4. The second kappa shape index (κ2) is 7.06. The van der Waals surface area contributed by atoms with Crippen molar-refractivity contribution in [3.63, 3.8) is 0 Å². The maximum absolute atomic E-state index is 13.4. The summed E-state index contributed by atoms with van der Waals surface area (Å²) in [5.41, 5.74) is 2.43. The highest BCUT2D eigenvalue weighted by molar-refractivity contribution is 5.99. The second-order valence-electron chi connectivity index (χ2n) is 4.64. The van der Waals surface area contributed by atoms with Crippen molar-refractivity contribution in [3.8, 4) is 0 Å². The molecule has 5 nitrogen and oxygen atoms in total. The molecule has 0 saturated carbocycles. The summed E-state index contributed by atoms with van der Waals surface area (Å²) in [6.45, 7) is 5.37. The van der Waals surface area contributed by atoms with Gasteiger partial charge in [-0.1, -0.05) is 6.07 Å². The number of likely N-dealkylation sites (N-methyl/N-ethyl adjacent to an activating group) is 1. The van der Waals surface area contributed by atoms with Crippen LogP contribution in [0.25, 0.3) is 0 Å². The average molecular weight is 268 g/mol. The third kappa shape index (κ3) is 4.18. The lowest BCUT2D eigenvalue weighted by Gasteiger charge is -2.21. The third-order valence-electron chi connectivity index (χ3n) is 3.03. The van der Waals surface area contributed by atoms with E-state index in [1.165, 1.54) is 18.2 Å². The van der Waals surface area contributed by atoms with Gasteiger partial charge >= 0.3 is 0 Å². The van der Waals surface area contributed by atoms with Gasteiger partial charge in [-0.3, -0.25) is 10.6 Å². The Morgan fingerprint density at radius 3 is 2.74 bits per heavy atom.